The number of methoxy groups -OCH3 is 1. The zero-order valence-electron chi connectivity index (χ0n) is 10.2. The lowest BCUT2D eigenvalue weighted by atomic mass is 9.98. The lowest BCUT2D eigenvalue weighted by Crippen LogP contribution is -1.91. The van der Waals surface area contributed by atoms with E-state index >= 15 is 0 Å². The van der Waals surface area contributed by atoms with Gasteiger partial charge in [0, 0.05) is 11.6 Å². The van der Waals surface area contributed by atoms with E-state index in [1.165, 1.54) is 13.2 Å². The summed E-state index contributed by atoms with van der Waals surface area (Å²) in [5, 5.41) is 8.89. The number of hydrogen-bond acceptors (Lipinski definition) is 2. The summed E-state index contributed by atoms with van der Waals surface area (Å²) in [6.45, 7) is 1.89. The molecule has 2 aromatic carbocycles. The molecule has 0 atom stereocenters. The highest BCUT2D eigenvalue weighted by atomic mass is 19.1. The van der Waals surface area contributed by atoms with Crippen LogP contribution in [-0.4, -0.2) is 7.11 Å². The standard InChI is InChI=1S/C15H12FNO/c1-10-3-4-11(9-17)7-14(10)13-6-5-12(18-2)8-15(13)16/h3-8H,1-2H3. The molecule has 0 aliphatic heterocycles. The van der Waals surface area contributed by atoms with Gasteiger partial charge in [0.2, 0.25) is 0 Å². The molecule has 0 aliphatic carbocycles. The molecule has 2 aromatic rings. The molecule has 0 unspecified atom stereocenters. The van der Waals surface area contributed by atoms with Crippen molar-refractivity contribution in [1.82, 2.24) is 0 Å². The number of benzene rings is 2. The Morgan fingerprint density at radius 3 is 2.50 bits per heavy atom. The molecular weight excluding hydrogens is 229 g/mol. The summed E-state index contributed by atoms with van der Waals surface area (Å²) in [6, 6.07) is 12.0. The van der Waals surface area contributed by atoms with Crippen molar-refractivity contribution in [1.29, 1.82) is 5.26 Å². The van der Waals surface area contributed by atoms with Gasteiger partial charge in [-0.2, -0.15) is 5.26 Å². The van der Waals surface area contributed by atoms with E-state index in [1.54, 1.807) is 24.3 Å². The number of halogens is 1. The first kappa shape index (κ1) is 12.1. The second-order valence-corrected chi connectivity index (χ2v) is 3.99. The molecule has 0 bridgehead atoms. The van der Waals surface area contributed by atoms with Crippen LogP contribution in [0, 0.1) is 24.1 Å². The van der Waals surface area contributed by atoms with E-state index in [2.05, 4.69) is 6.07 Å². The van der Waals surface area contributed by atoms with E-state index in [0.717, 1.165) is 11.1 Å². The maximum absolute atomic E-state index is 14.0. The summed E-state index contributed by atoms with van der Waals surface area (Å²) in [7, 11) is 1.50. The highest BCUT2D eigenvalue weighted by Crippen LogP contribution is 2.29. The summed E-state index contributed by atoms with van der Waals surface area (Å²) in [5.74, 6) is 0.123. The van der Waals surface area contributed by atoms with Crippen LogP contribution in [0.2, 0.25) is 0 Å². The van der Waals surface area contributed by atoms with Crippen molar-refractivity contribution in [2.75, 3.05) is 7.11 Å². The third kappa shape index (κ3) is 2.18. The molecule has 0 spiro atoms. The summed E-state index contributed by atoms with van der Waals surface area (Å²) < 4.78 is 18.9. The lowest BCUT2D eigenvalue weighted by molar-refractivity contribution is 0.411. The Balaban J connectivity index is 2.58. The number of hydrogen-bond donors (Lipinski definition) is 0. The minimum absolute atomic E-state index is 0.354. The molecule has 18 heavy (non-hydrogen) atoms. The molecule has 0 fully saturated rings. The van der Waals surface area contributed by atoms with E-state index < -0.39 is 0 Å². The largest absolute Gasteiger partial charge is 0.497 e. The average molecular weight is 241 g/mol. The van der Waals surface area contributed by atoms with Gasteiger partial charge in [-0.15, -0.1) is 0 Å². The Kier molecular flexibility index (Phi) is 3.29. The fourth-order valence-electron chi connectivity index (χ4n) is 1.82. The van der Waals surface area contributed by atoms with Gasteiger partial charge >= 0.3 is 0 Å². The molecule has 0 heterocycles. The van der Waals surface area contributed by atoms with Crippen LogP contribution in [0.3, 0.4) is 0 Å². The van der Waals surface area contributed by atoms with Crippen molar-refractivity contribution in [3.63, 3.8) is 0 Å². The second kappa shape index (κ2) is 4.89. The van der Waals surface area contributed by atoms with Gasteiger partial charge in [-0.25, -0.2) is 4.39 Å². The van der Waals surface area contributed by atoms with E-state index in [0.29, 0.717) is 16.9 Å². The molecule has 0 radical (unpaired) electrons. The summed E-state index contributed by atoms with van der Waals surface area (Å²) in [6.07, 6.45) is 0. The van der Waals surface area contributed by atoms with Gasteiger partial charge in [0.1, 0.15) is 11.6 Å². The molecule has 0 saturated heterocycles. The highest BCUT2D eigenvalue weighted by molar-refractivity contribution is 5.70. The predicted octanol–water partition coefficient (Wildman–Crippen LogP) is 3.68. The molecule has 3 heteroatoms. The first-order valence-electron chi connectivity index (χ1n) is 5.50. The van der Waals surface area contributed by atoms with Crippen LogP contribution in [0.4, 0.5) is 4.39 Å². The maximum atomic E-state index is 14.0. The van der Waals surface area contributed by atoms with Gasteiger partial charge in [0.15, 0.2) is 0 Å². The van der Waals surface area contributed by atoms with Crippen LogP contribution >= 0.6 is 0 Å². The molecule has 90 valence electrons. The number of ether oxygens (including phenoxy) is 1. The molecule has 0 aromatic heterocycles. The minimum atomic E-state index is -0.354. The van der Waals surface area contributed by atoms with Crippen molar-refractivity contribution in [3.05, 3.63) is 53.3 Å². The van der Waals surface area contributed by atoms with E-state index in [-0.39, 0.29) is 5.82 Å². The summed E-state index contributed by atoms with van der Waals surface area (Å²) in [4.78, 5) is 0. The van der Waals surface area contributed by atoms with Gasteiger partial charge in [-0.3, -0.25) is 0 Å². The molecule has 2 rings (SSSR count). The lowest BCUT2D eigenvalue weighted by Gasteiger charge is -2.09. The van der Waals surface area contributed by atoms with Gasteiger partial charge in [0.05, 0.1) is 18.7 Å². The van der Waals surface area contributed by atoms with Crippen LogP contribution in [0.5, 0.6) is 5.75 Å². The summed E-state index contributed by atoms with van der Waals surface area (Å²) >= 11 is 0. The van der Waals surface area contributed by atoms with Crippen molar-refractivity contribution >= 4 is 0 Å². The topological polar surface area (TPSA) is 33.0 Å². The molecule has 0 saturated carbocycles. The van der Waals surface area contributed by atoms with Gasteiger partial charge in [-0.1, -0.05) is 6.07 Å². The van der Waals surface area contributed by atoms with E-state index in [1.807, 2.05) is 13.0 Å². The van der Waals surface area contributed by atoms with Gasteiger partial charge in [-0.05, 0) is 42.3 Å². The van der Waals surface area contributed by atoms with Crippen LogP contribution in [0.1, 0.15) is 11.1 Å². The number of nitrogens with zero attached hydrogens (tertiary/aromatic N) is 1. The van der Waals surface area contributed by atoms with Crippen LogP contribution in [-0.2, 0) is 0 Å². The van der Waals surface area contributed by atoms with E-state index in [4.69, 9.17) is 10.00 Å². The normalized spacial score (nSPS) is 9.89. The van der Waals surface area contributed by atoms with Gasteiger partial charge in [0.25, 0.3) is 0 Å². The fraction of sp³-hybridized carbons (Fsp3) is 0.133. The van der Waals surface area contributed by atoms with E-state index in [9.17, 15) is 4.39 Å². The maximum Gasteiger partial charge on any atom is 0.134 e. The highest BCUT2D eigenvalue weighted by Gasteiger charge is 2.09. The van der Waals surface area contributed by atoms with Crippen LogP contribution in [0.15, 0.2) is 36.4 Å². The van der Waals surface area contributed by atoms with Crippen molar-refractivity contribution in [2.45, 2.75) is 6.92 Å². The minimum Gasteiger partial charge on any atom is -0.497 e. The number of aryl methyl sites for hydroxylation is 1. The van der Waals surface area contributed by atoms with Crippen LogP contribution < -0.4 is 4.74 Å². The quantitative estimate of drug-likeness (QED) is 0.803. The molecule has 0 aliphatic rings. The summed E-state index contributed by atoms with van der Waals surface area (Å²) in [5.41, 5.74) is 2.66. The van der Waals surface area contributed by atoms with Crippen molar-refractivity contribution in [3.8, 4) is 22.9 Å². The van der Waals surface area contributed by atoms with Crippen molar-refractivity contribution < 1.29 is 9.13 Å². The Morgan fingerprint density at radius 1 is 1.11 bits per heavy atom. The fourth-order valence-corrected chi connectivity index (χ4v) is 1.82. The smallest absolute Gasteiger partial charge is 0.134 e. The third-order valence-electron chi connectivity index (χ3n) is 2.83. The molecule has 2 nitrogen and oxygen atoms in total. The first-order valence-corrected chi connectivity index (χ1v) is 5.50. The first-order chi connectivity index (χ1) is 8.65. The third-order valence-corrected chi connectivity index (χ3v) is 2.83. The Hall–Kier alpha value is -2.34. The molecule has 0 amide bonds. The van der Waals surface area contributed by atoms with Gasteiger partial charge < -0.3 is 4.74 Å². The zero-order chi connectivity index (χ0) is 13.1. The predicted molar refractivity (Wildman–Crippen MR) is 67.8 cm³/mol. The number of nitriles is 1. The molecule has 0 N–H and O–H groups in total. The zero-order valence-corrected chi connectivity index (χ0v) is 10.2. The average Bonchev–Trinajstić information content (AvgIpc) is 2.39. The Bertz CT molecular complexity index is 629. The monoisotopic (exact) mass is 241 g/mol. The molecular formula is C15H12FNO. The van der Waals surface area contributed by atoms with Crippen molar-refractivity contribution in [2.24, 2.45) is 0 Å². The second-order valence-electron chi connectivity index (χ2n) is 3.99. The number of rotatable bonds is 2. The SMILES string of the molecule is COc1ccc(-c2cc(C#N)ccc2C)c(F)c1. The van der Waals surface area contributed by atoms with Crippen LogP contribution in [0.25, 0.3) is 11.1 Å². The Morgan fingerprint density at radius 2 is 1.89 bits per heavy atom. The Labute approximate surface area is 105 Å².